The molecule has 0 spiro atoms. The van der Waals surface area contributed by atoms with E-state index in [1.54, 1.807) is 6.20 Å². The monoisotopic (exact) mass is 255 g/mol. The summed E-state index contributed by atoms with van der Waals surface area (Å²) < 4.78 is 0. The van der Waals surface area contributed by atoms with Crippen LogP contribution in [0.15, 0.2) is 30.5 Å². The number of pyridine rings is 1. The fraction of sp³-hybridized carbons (Fsp3) is 0.214. The number of hydrogen-bond donors (Lipinski definition) is 2. The van der Waals surface area contributed by atoms with E-state index in [4.69, 9.17) is 5.73 Å². The second kappa shape index (κ2) is 4.35. The van der Waals surface area contributed by atoms with Gasteiger partial charge in [-0.05, 0) is 24.1 Å². The summed E-state index contributed by atoms with van der Waals surface area (Å²) >= 11 is 0. The molecule has 0 radical (unpaired) electrons. The van der Waals surface area contributed by atoms with Gasteiger partial charge in [0.05, 0.1) is 23.3 Å². The van der Waals surface area contributed by atoms with Gasteiger partial charge in [0.15, 0.2) is 0 Å². The van der Waals surface area contributed by atoms with E-state index in [0.29, 0.717) is 18.5 Å². The minimum atomic E-state index is -0.276. The van der Waals surface area contributed by atoms with Crippen LogP contribution in [0.1, 0.15) is 24.3 Å². The predicted molar refractivity (Wildman–Crippen MR) is 71.3 cm³/mol. The molecule has 1 aromatic carbocycles. The summed E-state index contributed by atoms with van der Waals surface area (Å²) in [5, 5.41) is 3.31. The molecular formula is C14H13N3O2. The third kappa shape index (κ3) is 2.14. The van der Waals surface area contributed by atoms with E-state index in [1.165, 1.54) is 0 Å². The van der Waals surface area contributed by atoms with E-state index in [9.17, 15) is 9.59 Å². The molecule has 96 valence electrons. The molecule has 1 fully saturated rings. The Morgan fingerprint density at radius 3 is 2.89 bits per heavy atom. The number of nitrogens with two attached hydrogens (primary N) is 1. The fourth-order valence-corrected chi connectivity index (χ4v) is 2.38. The number of hydrogen-bond acceptors (Lipinski definition) is 4. The molecule has 1 saturated heterocycles. The first kappa shape index (κ1) is 11.6. The summed E-state index contributed by atoms with van der Waals surface area (Å²) in [5.74, 6) is -0.708. The Bertz CT molecular complexity index is 681. The van der Waals surface area contributed by atoms with Crippen molar-refractivity contribution in [3.05, 3.63) is 36.0 Å². The number of fused-ring (bicyclic) bond motifs is 1. The maximum atomic E-state index is 11.8. The van der Waals surface area contributed by atoms with Crippen LogP contribution in [-0.4, -0.2) is 16.8 Å². The Morgan fingerprint density at radius 1 is 1.26 bits per heavy atom. The molecule has 3 rings (SSSR count). The van der Waals surface area contributed by atoms with Gasteiger partial charge in [0.25, 0.3) is 0 Å². The van der Waals surface area contributed by atoms with Crippen LogP contribution >= 0.6 is 0 Å². The van der Waals surface area contributed by atoms with Gasteiger partial charge in [0.1, 0.15) is 0 Å². The third-order valence-corrected chi connectivity index (χ3v) is 3.37. The van der Waals surface area contributed by atoms with Crippen molar-refractivity contribution in [3.63, 3.8) is 0 Å². The molecule has 0 aliphatic carbocycles. The summed E-state index contributed by atoms with van der Waals surface area (Å²) in [5.41, 5.74) is 7.98. The van der Waals surface area contributed by atoms with Gasteiger partial charge in [0.2, 0.25) is 11.8 Å². The van der Waals surface area contributed by atoms with Crippen LogP contribution in [0.25, 0.3) is 10.9 Å². The molecule has 5 heteroatoms. The zero-order valence-corrected chi connectivity index (χ0v) is 10.2. The van der Waals surface area contributed by atoms with E-state index < -0.39 is 0 Å². The second-order valence-electron chi connectivity index (χ2n) is 4.72. The van der Waals surface area contributed by atoms with Gasteiger partial charge in [-0.25, -0.2) is 0 Å². The Kier molecular flexibility index (Phi) is 2.67. The maximum absolute atomic E-state index is 11.8. The normalized spacial score (nSPS) is 19.5. The highest BCUT2D eigenvalue weighted by Crippen LogP contribution is 2.27. The predicted octanol–water partition coefficient (Wildman–Crippen LogP) is 1.34. The summed E-state index contributed by atoms with van der Waals surface area (Å²) in [6.45, 7) is 0. The highest BCUT2D eigenvalue weighted by Gasteiger charge is 2.27. The van der Waals surface area contributed by atoms with Crippen molar-refractivity contribution in [2.24, 2.45) is 0 Å². The Hall–Kier alpha value is -2.43. The molecule has 19 heavy (non-hydrogen) atoms. The largest absolute Gasteiger partial charge is 0.397 e. The van der Waals surface area contributed by atoms with Gasteiger partial charge in [-0.3, -0.25) is 19.9 Å². The summed E-state index contributed by atoms with van der Waals surface area (Å²) in [7, 11) is 0. The number of nitrogens with zero attached hydrogens (tertiary/aromatic N) is 1. The molecule has 1 unspecified atom stereocenters. The lowest BCUT2D eigenvalue weighted by Gasteiger charge is -2.21. The van der Waals surface area contributed by atoms with Gasteiger partial charge in [0, 0.05) is 11.8 Å². The number of aromatic nitrogens is 1. The van der Waals surface area contributed by atoms with Gasteiger partial charge >= 0.3 is 0 Å². The van der Waals surface area contributed by atoms with Crippen molar-refractivity contribution in [2.75, 3.05) is 5.73 Å². The number of piperidine rings is 1. The Labute approximate surface area is 109 Å². The number of benzene rings is 1. The topological polar surface area (TPSA) is 85.1 Å². The van der Waals surface area contributed by atoms with Crippen molar-refractivity contribution < 1.29 is 9.59 Å². The molecule has 2 aromatic rings. The van der Waals surface area contributed by atoms with Crippen molar-refractivity contribution >= 4 is 28.4 Å². The van der Waals surface area contributed by atoms with E-state index in [1.807, 2.05) is 24.3 Å². The molecule has 1 atom stereocenters. The first-order valence-corrected chi connectivity index (χ1v) is 6.12. The molecule has 5 nitrogen and oxygen atoms in total. The molecular weight excluding hydrogens is 242 g/mol. The molecule has 0 saturated carbocycles. The van der Waals surface area contributed by atoms with Crippen LogP contribution in [-0.2, 0) is 9.59 Å². The standard InChI is InChI=1S/C14H13N3O2/c15-10-5-9-2-1-8(6-12(9)16-7-10)11-3-4-13(18)17-14(11)19/h1-2,5-7,11H,3-4,15H2,(H,17,18,19). The van der Waals surface area contributed by atoms with Crippen molar-refractivity contribution in [1.82, 2.24) is 10.3 Å². The number of anilines is 1. The van der Waals surface area contributed by atoms with Crippen LogP contribution in [0.2, 0.25) is 0 Å². The smallest absolute Gasteiger partial charge is 0.234 e. The quantitative estimate of drug-likeness (QED) is 0.753. The van der Waals surface area contributed by atoms with Crippen LogP contribution in [0.4, 0.5) is 5.69 Å². The summed E-state index contributed by atoms with van der Waals surface area (Å²) in [6.07, 6.45) is 2.52. The van der Waals surface area contributed by atoms with Crippen molar-refractivity contribution in [3.8, 4) is 0 Å². The average Bonchev–Trinajstić information content (AvgIpc) is 2.38. The zero-order chi connectivity index (χ0) is 13.4. The number of rotatable bonds is 1. The lowest BCUT2D eigenvalue weighted by Crippen LogP contribution is -2.39. The number of carbonyl (C=O) groups is 2. The lowest BCUT2D eigenvalue weighted by molar-refractivity contribution is -0.134. The van der Waals surface area contributed by atoms with E-state index in [0.717, 1.165) is 16.5 Å². The summed E-state index contributed by atoms with van der Waals surface area (Å²) in [4.78, 5) is 27.2. The van der Waals surface area contributed by atoms with Crippen molar-refractivity contribution in [2.45, 2.75) is 18.8 Å². The van der Waals surface area contributed by atoms with Crippen molar-refractivity contribution in [1.29, 1.82) is 0 Å². The Balaban J connectivity index is 1.99. The first-order chi connectivity index (χ1) is 9.13. The van der Waals surface area contributed by atoms with Gasteiger partial charge in [-0.2, -0.15) is 0 Å². The summed E-state index contributed by atoms with van der Waals surface area (Å²) in [6, 6.07) is 7.52. The highest BCUT2D eigenvalue weighted by molar-refractivity contribution is 6.01. The second-order valence-corrected chi connectivity index (χ2v) is 4.72. The molecule has 2 amide bonds. The molecule has 3 N–H and O–H groups in total. The lowest BCUT2D eigenvalue weighted by atomic mass is 9.90. The Morgan fingerprint density at radius 2 is 2.11 bits per heavy atom. The van der Waals surface area contributed by atoms with Gasteiger partial charge < -0.3 is 5.73 Å². The molecule has 1 aromatic heterocycles. The SMILES string of the molecule is Nc1cnc2cc(C3CCC(=O)NC3=O)ccc2c1. The van der Waals surface area contributed by atoms with Gasteiger partial charge in [-0.1, -0.05) is 12.1 Å². The van der Waals surface area contributed by atoms with E-state index in [-0.39, 0.29) is 17.7 Å². The number of nitrogen functional groups attached to an aromatic ring is 1. The molecule has 0 bridgehead atoms. The van der Waals surface area contributed by atoms with E-state index >= 15 is 0 Å². The number of carbonyl (C=O) groups excluding carboxylic acids is 2. The van der Waals surface area contributed by atoms with Crippen LogP contribution in [0.3, 0.4) is 0 Å². The molecule has 2 heterocycles. The highest BCUT2D eigenvalue weighted by atomic mass is 16.2. The van der Waals surface area contributed by atoms with Crippen LogP contribution in [0.5, 0.6) is 0 Å². The number of imide groups is 1. The maximum Gasteiger partial charge on any atom is 0.234 e. The minimum Gasteiger partial charge on any atom is -0.397 e. The number of amides is 2. The minimum absolute atomic E-state index is 0.201. The van der Waals surface area contributed by atoms with Crippen LogP contribution < -0.4 is 11.1 Å². The van der Waals surface area contributed by atoms with E-state index in [2.05, 4.69) is 10.3 Å². The fourth-order valence-electron chi connectivity index (χ4n) is 2.38. The molecule has 1 aliphatic rings. The first-order valence-electron chi connectivity index (χ1n) is 6.12. The molecule has 1 aliphatic heterocycles. The third-order valence-electron chi connectivity index (χ3n) is 3.37. The number of nitrogens with one attached hydrogen (secondary N) is 1. The average molecular weight is 255 g/mol. The van der Waals surface area contributed by atoms with Crippen LogP contribution in [0, 0.1) is 0 Å². The van der Waals surface area contributed by atoms with Gasteiger partial charge in [-0.15, -0.1) is 0 Å². The zero-order valence-electron chi connectivity index (χ0n) is 10.2.